The quantitative estimate of drug-likeness (QED) is 0.132. The van der Waals surface area contributed by atoms with Crippen LogP contribution in [-0.2, 0) is 49.0 Å². The standard InChI is InChI=1S/2C29H26N2O6/c2*1-28(2,3)37-27(35)31-22-17-11-10-16-21(22)29(25(31)33,19-12-6-4-7-13-19)18-23-24(32)30(26(34)36-23)20-14-8-5-9-15-20/h2*4-17,23H,18H2,1-3H3/t2*23-,29-/m00/s1. The Morgan fingerprint density at radius 2 is 0.743 bits per heavy atom. The Morgan fingerprint density at radius 3 is 1.07 bits per heavy atom. The predicted octanol–water partition coefficient (Wildman–Crippen LogP) is 10.4. The molecule has 4 heterocycles. The average Bonchev–Trinajstić information content (AvgIpc) is 4.01. The second-order valence-electron chi connectivity index (χ2n) is 20.0. The van der Waals surface area contributed by atoms with E-state index in [4.69, 9.17) is 18.9 Å². The summed E-state index contributed by atoms with van der Waals surface area (Å²) in [5.74, 6) is -2.30. The van der Waals surface area contributed by atoms with Gasteiger partial charge in [0.15, 0.2) is 12.2 Å². The molecule has 0 N–H and O–H groups in total. The molecule has 0 saturated carbocycles. The van der Waals surface area contributed by atoms with Gasteiger partial charge in [0, 0.05) is 12.8 Å². The zero-order chi connectivity index (χ0) is 52.7. The van der Waals surface area contributed by atoms with Crippen LogP contribution in [-0.4, -0.2) is 71.4 Å². The highest BCUT2D eigenvalue weighted by Crippen LogP contribution is 2.52. The number of para-hydroxylation sites is 4. The third kappa shape index (κ3) is 8.92. The van der Waals surface area contributed by atoms with E-state index < -0.39 is 82.2 Å². The molecule has 16 heteroatoms. The minimum absolute atomic E-state index is 0.180. The Morgan fingerprint density at radius 1 is 0.446 bits per heavy atom. The van der Waals surface area contributed by atoms with Crippen LogP contribution in [0.4, 0.5) is 41.9 Å². The molecule has 6 aromatic rings. The van der Waals surface area contributed by atoms with Crippen molar-refractivity contribution in [1.29, 1.82) is 0 Å². The van der Waals surface area contributed by atoms with Crippen LogP contribution in [0, 0.1) is 0 Å². The van der Waals surface area contributed by atoms with Crippen LogP contribution in [0.25, 0.3) is 0 Å². The number of fused-ring (bicyclic) bond motifs is 2. The van der Waals surface area contributed by atoms with Crippen LogP contribution in [0.1, 0.15) is 76.6 Å². The van der Waals surface area contributed by atoms with Crippen molar-refractivity contribution in [1.82, 2.24) is 0 Å². The molecule has 74 heavy (non-hydrogen) atoms. The first-order chi connectivity index (χ1) is 35.3. The number of ether oxygens (including phenoxy) is 4. The highest BCUT2D eigenvalue weighted by Gasteiger charge is 2.60. The Labute approximate surface area is 427 Å². The molecular weight excluding hydrogens is 945 g/mol. The summed E-state index contributed by atoms with van der Waals surface area (Å²) in [5.41, 5.74) is -0.938. The summed E-state index contributed by atoms with van der Waals surface area (Å²) in [4.78, 5) is 112. The fourth-order valence-electron chi connectivity index (χ4n) is 9.85. The summed E-state index contributed by atoms with van der Waals surface area (Å²) < 4.78 is 22.2. The molecular formula is C58H52N4O12. The van der Waals surface area contributed by atoms with Crippen LogP contribution in [0.15, 0.2) is 170 Å². The summed E-state index contributed by atoms with van der Waals surface area (Å²) in [5, 5.41) is 0. The molecule has 0 aromatic heterocycles. The van der Waals surface area contributed by atoms with Gasteiger partial charge in [0.25, 0.3) is 23.6 Å². The number of amides is 8. The predicted molar refractivity (Wildman–Crippen MR) is 272 cm³/mol. The molecule has 0 spiro atoms. The van der Waals surface area contributed by atoms with E-state index in [1.807, 2.05) is 12.1 Å². The van der Waals surface area contributed by atoms with Crippen molar-refractivity contribution in [2.45, 2.75) is 88.6 Å². The number of benzene rings is 6. The van der Waals surface area contributed by atoms with Crippen molar-refractivity contribution >= 4 is 70.8 Å². The normalized spacial score (nSPS) is 21.2. The minimum atomic E-state index is -1.47. The van der Waals surface area contributed by atoms with Crippen LogP contribution in [0.5, 0.6) is 0 Å². The van der Waals surface area contributed by atoms with Crippen LogP contribution < -0.4 is 19.6 Å². The number of carbonyl (C=O) groups excluding carboxylic acids is 8. The van der Waals surface area contributed by atoms with E-state index in [1.165, 1.54) is 0 Å². The second-order valence-corrected chi connectivity index (χ2v) is 20.0. The fraction of sp³-hybridized carbons (Fsp3) is 0.241. The third-order valence-corrected chi connectivity index (χ3v) is 12.9. The fourth-order valence-corrected chi connectivity index (χ4v) is 9.85. The third-order valence-electron chi connectivity index (χ3n) is 12.9. The number of hydrogen-bond donors (Lipinski definition) is 0. The first kappa shape index (κ1) is 50.0. The molecule has 16 nitrogen and oxygen atoms in total. The van der Waals surface area contributed by atoms with E-state index in [9.17, 15) is 38.4 Å². The zero-order valence-electron chi connectivity index (χ0n) is 41.4. The SMILES string of the molecule is CC(C)(C)OC(=O)N1C(=O)[C@@](C[C@@H]2OC(=O)N(c3ccccc3)C2=O)(c2ccccc2)c2ccccc21.CC(C)(C)OC(=O)N1C(=O)[C@@](C[C@@H]2OC(=O)N(c3ccccc3)C2=O)(c2ccccc2)c2ccccc21. The van der Waals surface area contributed by atoms with Gasteiger partial charge >= 0.3 is 24.4 Å². The molecule has 8 amide bonds. The largest absolute Gasteiger partial charge is 0.443 e. The first-order valence-corrected chi connectivity index (χ1v) is 23.9. The smallest absolute Gasteiger partial charge is 0.422 e. The summed E-state index contributed by atoms with van der Waals surface area (Å²) >= 11 is 0. The van der Waals surface area contributed by atoms with E-state index in [0.29, 0.717) is 45.0 Å². The molecule has 0 aliphatic carbocycles. The topological polar surface area (TPSA) is 186 Å². The first-order valence-electron chi connectivity index (χ1n) is 23.9. The highest BCUT2D eigenvalue weighted by atomic mass is 16.6. The van der Waals surface area contributed by atoms with Gasteiger partial charge < -0.3 is 18.9 Å². The minimum Gasteiger partial charge on any atom is -0.443 e. The lowest BCUT2D eigenvalue weighted by atomic mass is 9.71. The summed E-state index contributed by atoms with van der Waals surface area (Å²) in [7, 11) is 0. The Bertz CT molecular complexity index is 2980. The molecule has 376 valence electrons. The summed E-state index contributed by atoms with van der Waals surface area (Å²) in [6.07, 6.45) is -6.11. The van der Waals surface area contributed by atoms with Crippen LogP contribution in [0.2, 0.25) is 0 Å². The second kappa shape index (κ2) is 19.3. The molecule has 0 radical (unpaired) electrons. The Kier molecular flexibility index (Phi) is 13.0. The number of imide groups is 4. The number of hydrogen-bond acceptors (Lipinski definition) is 12. The zero-order valence-corrected chi connectivity index (χ0v) is 41.4. The van der Waals surface area contributed by atoms with Gasteiger partial charge in [-0.1, -0.05) is 133 Å². The van der Waals surface area contributed by atoms with Crippen molar-refractivity contribution in [2.75, 3.05) is 19.6 Å². The van der Waals surface area contributed by atoms with Gasteiger partial charge in [-0.2, -0.15) is 0 Å². The van der Waals surface area contributed by atoms with Gasteiger partial charge in [-0.15, -0.1) is 0 Å². The van der Waals surface area contributed by atoms with E-state index in [-0.39, 0.29) is 12.8 Å². The molecule has 10 rings (SSSR count). The van der Waals surface area contributed by atoms with Gasteiger partial charge in [-0.3, -0.25) is 19.2 Å². The maximum Gasteiger partial charge on any atom is 0.422 e. The van der Waals surface area contributed by atoms with Gasteiger partial charge in [0.05, 0.1) is 22.7 Å². The Hall–Kier alpha value is -8.92. The maximum absolute atomic E-state index is 14.3. The number of cyclic esters (lactones) is 2. The lowest BCUT2D eigenvalue weighted by molar-refractivity contribution is -0.127. The molecule has 4 atom stereocenters. The van der Waals surface area contributed by atoms with Crippen molar-refractivity contribution in [3.63, 3.8) is 0 Å². The van der Waals surface area contributed by atoms with E-state index in [1.54, 1.807) is 199 Å². The number of rotatable bonds is 8. The van der Waals surface area contributed by atoms with Gasteiger partial charge in [0.1, 0.15) is 22.0 Å². The monoisotopic (exact) mass is 996 g/mol. The molecule has 2 saturated heterocycles. The molecule has 0 unspecified atom stereocenters. The summed E-state index contributed by atoms with van der Waals surface area (Å²) in [6, 6.07) is 48.6. The molecule has 4 aliphatic heterocycles. The van der Waals surface area contributed by atoms with Gasteiger partial charge in [0.2, 0.25) is 0 Å². The highest BCUT2D eigenvalue weighted by molar-refractivity contribution is 6.25. The van der Waals surface area contributed by atoms with Crippen LogP contribution >= 0.6 is 0 Å². The van der Waals surface area contributed by atoms with Crippen LogP contribution in [0.3, 0.4) is 0 Å². The molecule has 6 aromatic carbocycles. The van der Waals surface area contributed by atoms with Gasteiger partial charge in [-0.25, -0.2) is 38.8 Å². The number of nitrogens with zero attached hydrogens (tertiary/aromatic N) is 4. The average molecular weight is 997 g/mol. The van der Waals surface area contributed by atoms with E-state index >= 15 is 0 Å². The maximum atomic E-state index is 14.3. The van der Waals surface area contributed by atoms with E-state index in [2.05, 4.69) is 0 Å². The van der Waals surface area contributed by atoms with E-state index in [0.717, 1.165) is 19.6 Å². The van der Waals surface area contributed by atoms with Crippen molar-refractivity contribution in [3.05, 3.63) is 192 Å². The Balaban J connectivity index is 0.000000182. The number of carbonyl (C=O) groups is 8. The van der Waals surface area contributed by atoms with Crippen molar-refractivity contribution in [3.8, 4) is 0 Å². The van der Waals surface area contributed by atoms with Crippen molar-refractivity contribution in [2.24, 2.45) is 0 Å². The molecule has 4 aliphatic rings. The van der Waals surface area contributed by atoms with Crippen molar-refractivity contribution < 1.29 is 57.3 Å². The number of anilines is 4. The summed E-state index contributed by atoms with van der Waals surface area (Å²) in [6.45, 7) is 10.3. The lowest BCUT2D eigenvalue weighted by Crippen LogP contribution is -2.48. The van der Waals surface area contributed by atoms with Gasteiger partial charge in [-0.05, 0) is 100 Å². The molecule has 0 bridgehead atoms. The molecule has 2 fully saturated rings. The lowest BCUT2D eigenvalue weighted by Gasteiger charge is -2.31.